The van der Waals surface area contributed by atoms with Gasteiger partial charge in [-0.15, -0.1) is 0 Å². The van der Waals surface area contributed by atoms with E-state index in [4.69, 9.17) is 9.47 Å². The molecular weight excluding hydrogens is 242 g/mol. The fourth-order valence-electron chi connectivity index (χ4n) is 2.01. The van der Waals surface area contributed by atoms with Crippen molar-refractivity contribution >= 4 is 12.2 Å². The van der Waals surface area contributed by atoms with Gasteiger partial charge < -0.3 is 9.47 Å². The van der Waals surface area contributed by atoms with Gasteiger partial charge in [-0.25, -0.2) is 4.79 Å². The molecule has 1 saturated heterocycles. The van der Waals surface area contributed by atoms with Gasteiger partial charge in [-0.1, -0.05) is 26.0 Å². The number of methoxy groups -OCH3 is 1. The molecular formula is C15H19NO3. The largest absolute Gasteiger partial charge is 0.497 e. The Kier molecular flexibility index (Phi) is 4.10. The van der Waals surface area contributed by atoms with Gasteiger partial charge in [0.1, 0.15) is 12.4 Å². The van der Waals surface area contributed by atoms with Crippen molar-refractivity contribution in [1.82, 2.24) is 4.90 Å². The van der Waals surface area contributed by atoms with Crippen molar-refractivity contribution in [2.45, 2.75) is 19.9 Å². The molecule has 1 aromatic carbocycles. The van der Waals surface area contributed by atoms with Gasteiger partial charge in [0, 0.05) is 6.20 Å². The van der Waals surface area contributed by atoms with Gasteiger partial charge in [0.05, 0.1) is 13.2 Å². The van der Waals surface area contributed by atoms with Crippen LogP contribution in [0.4, 0.5) is 4.79 Å². The number of amides is 1. The fourth-order valence-corrected chi connectivity index (χ4v) is 2.01. The lowest BCUT2D eigenvalue weighted by Crippen LogP contribution is -2.32. The maximum absolute atomic E-state index is 11.6. The summed E-state index contributed by atoms with van der Waals surface area (Å²) in [6.07, 6.45) is 3.42. The molecule has 1 heterocycles. The van der Waals surface area contributed by atoms with Crippen LogP contribution in [0, 0.1) is 5.92 Å². The molecule has 0 radical (unpaired) electrons. The van der Waals surface area contributed by atoms with E-state index in [-0.39, 0.29) is 12.1 Å². The first-order valence-corrected chi connectivity index (χ1v) is 6.39. The molecule has 0 aromatic heterocycles. The Morgan fingerprint density at radius 2 is 2.05 bits per heavy atom. The van der Waals surface area contributed by atoms with Crippen LogP contribution >= 0.6 is 0 Å². The van der Waals surface area contributed by atoms with E-state index in [1.54, 1.807) is 18.2 Å². The van der Waals surface area contributed by atoms with Crippen LogP contribution in [0.25, 0.3) is 6.08 Å². The van der Waals surface area contributed by atoms with Crippen molar-refractivity contribution in [2.75, 3.05) is 13.7 Å². The quantitative estimate of drug-likeness (QED) is 0.835. The van der Waals surface area contributed by atoms with Gasteiger partial charge in [0.2, 0.25) is 0 Å². The Bertz CT molecular complexity index is 465. The molecule has 0 spiro atoms. The van der Waals surface area contributed by atoms with Crippen molar-refractivity contribution in [1.29, 1.82) is 0 Å². The van der Waals surface area contributed by atoms with E-state index in [1.165, 1.54) is 0 Å². The number of benzene rings is 1. The van der Waals surface area contributed by atoms with Crippen molar-refractivity contribution in [2.24, 2.45) is 5.92 Å². The number of carbonyl (C=O) groups is 1. The average Bonchev–Trinajstić information content (AvgIpc) is 2.78. The lowest BCUT2D eigenvalue weighted by atomic mass is 10.1. The Morgan fingerprint density at radius 1 is 1.37 bits per heavy atom. The van der Waals surface area contributed by atoms with Crippen LogP contribution in [0.1, 0.15) is 19.4 Å². The molecule has 0 N–H and O–H groups in total. The summed E-state index contributed by atoms with van der Waals surface area (Å²) in [4.78, 5) is 13.3. The van der Waals surface area contributed by atoms with Gasteiger partial charge in [0.15, 0.2) is 0 Å². The molecule has 1 aliphatic heterocycles. The molecule has 2 rings (SSSR count). The second-order valence-electron chi connectivity index (χ2n) is 4.88. The molecule has 4 nitrogen and oxygen atoms in total. The van der Waals surface area contributed by atoms with Crippen LogP contribution in [0.5, 0.6) is 5.75 Å². The van der Waals surface area contributed by atoms with Crippen molar-refractivity contribution in [3.63, 3.8) is 0 Å². The first-order valence-electron chi connectivity index (χ1n) is 6.39. The van der Waals surface area contributed by atoms with Gasteiger partial charge in [-0.05, 0) is 29.7 Å². The number of hydrogen-bond acceptors (Lipinski definition) is 3. The molecule has 19 heavy (non-hydrogen) atoms. The monoisotopic (exact) mass is 261 g/mol. The third-order valence-corrected chi connectivity index (χ3v) is 3.26. The van der Waals surface area contributed by atoms with E-state index < -0.39 is 0 Å². The highest BCUT2D eigenvalue weighted by molar-refractivity contribution is 5.72. The van der Waals surface area contributed by atoms with Crippen molar-refractivity contribution in [3.05, 3.63) is 36.0 Å². The lowest BCUT2D eigenvalue weighted by Gasteiger charge is -2.20. The summed E-state index contributed by atoms with van der Waals surface area (Å²) in [6.45, 7) is 4.63. The van der Waals surface area contributed by atoms with Crippen LogP contribution in [-0.4, -0.2) is 30.8 Å². The zero-order valence-corrected chi connectivity index (χ0v) is 11.5. The third kappa shape index (κ3) is 3.08. The number of carbonyl (C=O) groups excluding carboxylic acids is 1. The topological polar surface area (TPSA) is 38.8 Å². The SMILES string of the molecule is COc1ccc(/C=C/N2C(=O)OC[C@@H]2C(C)C)cc1. The standard InChI is InChI=1S/C15H19NO3/c1-11(2)14-10-19-15(17)16(14)9-8-12-4-6-13(18-3)7-5-12/h4-9,11,14H,10H2,1-3H3/b9-8+/t14-/m1/s1. The summed E-state index contributed by atoms with van der Waals surface area (Å²) >= 11 is 0. The molecule has 0 bridgehead atoms. The minimum absolute atomic E-state index is 0.113. The van der Waals surface area contributed by atoms with Crippen LogP contribution in [-0.2, 0) is 4.74 Å². The highest BCUT2D eigenvalue weighted by atomic mass is 16.6. The third-order valence-electron chi connectivity index (χ3n) is 3.26. The van der Waals surface area contributed by atoms with E-state index in [0.29, 0.717) is 12.5 Å². The number of cyclic esters (lactones) is 1. The number of rotatable bonds is 4. The molecule has 0 aliphatic carbocycles. The number of hydrogen-bond donors (Lipinski definition) is 0. The minimum Gasteiger partial charge on any atom is -0.497 e. The molecule has 0 unspecified atom stereocenters. The zero-order valence-electron chi connectivity index (χ0n) is 11.5. The number of nitrogens with zero attached hydrogens (tertiary/aromatic N) is 1. The molecule has 1 amide bonds. The van der Waals surface area contributed by atoms with E-state index in [1.807, 2.05) is 30.3 Å². The lowest BCUT2D eigenvalue weighted by molar-refractivity contribution is 0.166. The summed E-state index contributed by atoms with van der Waals surface area (Å²) in [6, 6.07) is 7.79. The van der Waals surface area contributed by atoms with Crippen LogP contribution < -0.4 is 4.74 Å². The fraction of sp³-hybridized carbons (Fsp3) is 0.400. The van der Waals surface area contributed by atoms with E-state index in [0.717, 1.165) is 11.3 Å². The van der Waals surface area contributed by atoms with E-state index >= 15 is 0 Å². The molecule has 0 saturated carbocycles. The normalized spacial score (nSPS) is 19.3. The molecule has 1 atom stereocenters. The number of ether oxygens (including phenoxy) is 2. The Hall–Kier alpha value is -1.97. The van der Waals surface area contributed by atoms with E-state index in [9.17, 15) is 4.79 Å². The summed E-state index contributed by atoms with van der Waals surface area (Å²) in [5.41, 5.74) is 1.02. The first-order chi connectivity index (χ1) is 9.11. The van der Waals surface area contributed by atoms with Crippen LogP contribution in [0.3, 0.4) is 0 Å². The second kappa shape index (κ2) is 5.78. The summed E-state index contributed by atoms with van der Waals surface area (Å²) in [5.74, 6) is 1.18. The molecule has 4 heteroatoms. The maximum Gasteiger partial charge on any atom is 0.414 e. The predicted molar refractivity (Wildman–Crippen MR) is 73.8 cm³/mol. The Balaban J connectivity index is 2.09. The minimum atomic E-state index is -0.275. The van der Waals surface area contributed by atoms with Gasteiger partial charge in [-0.3, -0.25) is 4.90 Å². The van der Waals surface area contributed by atoms with Crippen LogP contribution in [0.15, 0.2) is 30.5 Å². The predicted octanol–water partition coefficient (Wildman–Crippen LogP) is 3.14. The zero-order chi connectivity index (χ0) is 13.8. The molecule has 1 aliphatic rings. The second-order valence-corrected chi connectivity index (χ2v) is 4.88. The summed E-state index contributed by atoms with van der Waals surface area (Å²) < 4.78 is 10.2. The van der Waals surface area contributed by atoms with Gasteiger partial charge >= 0.3 is 6.09 Å². The van der Waals surface area contributed by atoms with Crippen molar-refractivity contribution in [3.8, 4) is 5.75 Å². The summed E-state index contributed by atoms with van der Waals surface area (Å²) in [7, 11) is 1.64. The van der Waals surface area contributed by atoms with Gasteiger partial charge in [0.25, 0.3) is 0 Å². The Morgan fingerprint density at radius 3 is 2.63 bits per heavy atom. The van der Waals surface area contributed by atoms with Crippen LogP contribution in [0.2, 0.25) is 0 Å². The first kappa shape index (κ1) is 13.5. The van der Waals surface area contributed by atoms with E-state index in [2.05, 4.69) is 13.8 Å². The van der Waals surface area contributed by atoms with Crippen molar-refractivity contribution < 1.29 is 14.3 Å². The summed E-state index contributed by atoms with van der Waals surface area (Å²) in [5, 5.41) is 0. The average molecular weight is 261 g/mol. The Labute approximate surface area is 113 Å². The maximum atomic E-state index is 11.6. The highest BCUT2D eigenvalue weighted by Gasteiger charge is 2.33. The highest BCUT2D eigenvalue weighted by Crippen LogP contribution is 2.21. The van der Waals surface area contributed by atoms with Gasteiger partial charge in [-0.2, -0.15) is 0 Å². The molecule has 1 aromatic rings. The molecule has 102 valence electrons. The smallest absolute Gasteiger partial charge is 0.414 e. The molecule has 1 fully saturated rings.